The van der Waals surface area contributed by atoms with Crippen molar-refractivity contribution < 1.29 is 9.37 Å². The van der Waals surface area contributed by atoms with Crippen molar-refractivity contribution in [3.8, 4) is 0 Å². The summed E-state index contributed by atoms with van der Waals surface area (Å²) >= 11 is 5.07. The minimum atomic E-state index is 0.174. The van der Waals surface area contributed by atoms with E-state index in [1.807, 2.05) is 17.8 Å². The second-order valence-corrected chi connectivity index (χ2v) is 6.66. The number of hydrogen-bond acceptors (Lipinski definition) is 5. The Bertz CT molecular complexity index is 390. The SMILES string of the molecule is CC[N+]1=C(SC)SC(=C2SCCN2C)C1=O. The number of nitrogens with zero attached hydrogens (tertiary/aromatic N) is 2. The van der Waals surface area contributed by atoms with Gasteiger partial charge >= 0.3 is 5.91 Å². The van der Waals surface area contributed by atoms with Gasteiger partial charge in [-0.15, -0.1) is 16.3 Å². The third-order valence-corrected chi connectivity index (χ3v) is 6.14. The molecule has 1 saturated heterocycles. The van der Waals surface area contributed by atoms with Crippen molar-refractivity contribution in [1.82, 2.24) is 4.90 Å². The molecule has 3 nitrogen and oxygen atoms in total. The normalized spacial score (nSPS) is 26.2. The van der Waals surface area contributed by atoms with E-state index in [1.165, 1.54) is 0 Å². The van der Waals surface area contributed by atoms with Crippen LogP contribution in [-0.4, -0.2) is 51.9 Å². The van der Waals surface area contributed by atoms with E-state index in [0.29, 0.717) is 0 Å². The molecule has 0 radical (unpaired) electrons. The molecule has 2 rings (SSSR count). The van der Waals surface area contributed by atoms with Crippen LogP contribution >= 0.6 is 35.3 Å². The second-order valence-electron chi connectivity index (χ2n) is 3.53. The summed E-state index contributed by atoms with van der Waals surface area (Å²) in [5, 5.41) is 1.15. The van der Waals surface area contributed by atoms with Crippen LogP contribution in [0.25, 0.3) is 0 Å². The maximum Gasteiger partial charge on any atom is 0.430 e. The lowest BCUT2D eigenvalue weighted by atomic mass is 10.5. The van der Waals surface area contributed by atoms with Crippen molar-refractivity contribution in [3.05, 3.63) is 9.93 Å². The van der Waals surface area contributed by atoms with Crippen LogP contribution < -0.4 is 0 Å². The van der Waals surface area contributed by atoms with Gasteiger partial charge in [0.1, 0.15) is 0 Å². The Balaban J connectivity index is 2.33. The molecule has 0 aliphatic carbocycles. The molecule has 1 amide bonds. The smallest absolute Gasteiger partial charge is 0.367 e. The number of rotatable bonds is 1. The predicted molar refractivity (Wildman–Crippen MR) is 74.0 cm³/mol. The van der Waals surface area contributed by atoms with E-state index in [0.717, 1.165) is 33.2 Å². The van der Waals surface area contributed by atoms with Crippen LogP contribution in [-0.2, 0) is 4.79 Å². The van der Waals surface area contributed by atoms with Gasteiger partial charge in [0.05, 0.1) is 5.03 Å². The summed E-state index contributed by atoms with van der Waals surface area (Å²) in [5.74, 6) is 1.26. The van der Waals surface area contributed by atoms with E-state index >= 15 is 0 Å². The highest BCUT2D eigenvalue weighted by Crippen LogP contribution is 2.39. The molecular formula is C10H15N2OS3+. The summed E-state index contributed by atoms with van der Waals surface area (Å²) < 4.78 is 2.97. The molecule has 0 unspecified atom stereocenters. The number of carbonyl (C=O) groups excluding carboxylic acids is 1. The molecule has 2 aliphatic rings. The van der Waals surface area contributed by atoms with Crippen LogP contribution in [0.2, 0.25) is 0 Å². The first-order chi connectivity index (χ1) is 7.69. The maximum absolute atomic E-state index is 12.2. The zero-order chi connectivity index (χ0) is 11.7. The molecule has 2 heterocycles. The van der Waals surface area contributed by atoms with E-state index in [4.69, 9.17) is 0 Å². The molecular weight excluding hydrogens is 260 g/mol. The van der Waals surface area contributed by atoms with Crippen molar-refractivity contribution >= 4 is 45.6 Å². The van der Waals surface area contributed by atoms with Gasteiger partial charge in [-0.05, 0) is 13.2 Å². The van der Waals surface area contributed by atoms with Crippen molar-refractivity contribution in [2.45, 2.75) is 6.92 Å². The Kier molecular flexibility index (Phi) is 3.92. The lowest BCUT2D eigenvalue weighted by Crippen LogP contribution is -2.20. The standard InChI is InChI=1S/C10H15N2OS3/c1-4-12-8(13)7(16-10(12)14-3)9-11(2)5-6-15-9/h4-6H2,1-3H3/q+1. The number of likely N-dealkylation sites (N-methyl/N-ethyl adjacent to an activating group) is 1. The third-order valence-electron chi connectivity index (χ3n) is 2.55. The molecule has 0 spiro atoms. The summed E-state index contributed by atoms with van der Waals surface area (Å²) in [5.41, 5.74) is 0. The average Bonchev–Trinajstić information content (AvgIpc) is 2.82. The van der Waals surface area contributed by atoms with Crippen LogP contribution in [0, 0.1) is 0 Å². The van der Waals surface area contributed by atoms with Crippen LogP contribution in [0.1, 0.15) is 6.92 Å². The maximum atomic E-state index is 12.2. The first kappa shape index (κ1) is 12.4. The van der Waals surface area contributed by atoms with E-state index in [2.05, 4.69) is 11.9 Å². The number of carbonyl (C=O) groups is 1. The molecule has 88 valence electrons. The van der Waals surface area contributed by atoms with Crippen molar-refractivity contribution in [2.24, 2.45) is 0 Å². The second kappa shape index (κ2) is 5.06. The van der Waals surface area contributed by atoms with Gasteiger partial charge in [0.25, 0.3) is 4.38 Å². The molecule has 16 heavy (non-hydrogen) atoms. The van der Waals surface area contributed by atoms with Crippen molar-refractivity contribution in [1.29, 1.82) is 0 Å². The molecule has 0 aromatic carbocycles. The fraction of sp³-hybridized carbons (Fsp3) is 0.600. The van der Waals surface area contributed by atoms with Gasteiger partial charge in [0.15, 0.2) is 11.4 Å². The highest BCUT2D eigenvalue weighted by Gasteiger charge is 2.40. The molecule has 0 bridgehead atoms. The number of thioether (sulfide) groups is 3. The largest absolute Gasteiger partial charge is 0.430 e. The zero-order valence-electron chi connectivity index (χ0n) is 9.65. The Morgan fingerprint density at radius 1 is 1.56 bits per heavy atom. The highest BCUT2D eigenvalue weighted by molar-refractivity contribution is 8.40. The molecule has 0 aromatic heterocycles. The van der Waals surface area contributed by atoms with E-state index in [-0.39, 0.29) is 5.91 Å². The van der Waals surface area contributed by atoms with Crippen molar-refractivity contribution in [3.63, 3.8) is 0 Å². The van der Waals surface area contributed by atoms with Gasteiger partial charge in [-0.3, -0.25) is 0 Å². The summed E-state index contributed by atoms with van der Waals surface area (Å²) in [6, 6.07) is 0. The molecule has 6 heteroatoms. The first-order valence-electron chi connectivity index (χ1n) is 5.18. The fourth-order valence-electron chi connectivity index (χ4n) is 1.68. The predicted octanol–water partition coefficient (Wildman–Crippen LogP) is 1.86. The minimum absolute atomic E-state index is 0.174. The van der Waals surface area contributed by atoms with Crippen LogP contribution in [0.3, 0.4) is 0 Å². The van der Waals surface area contributed by atoms with Crippen LogP contribution in [0.4, 0.5) is 0 Å². The van der Waals surface area contributed by atoms with Crippen LogP contribution in [0.5, 0.6) is 0 Å². The van der Waals surface area contributed by atoms with Gasteiger partial charge < -0.3 is 4.90 Å². The number of amides is 1. The van der Waals surface area contributed by atoms with Crippen molar-refractivity contribution in [2.75, 3.05) is 32.1 Å². The van der Waals surface area contributed by atoms with Crippen LogP contribution in [0.15, 0.2) is 9.93 Å². The Hall–Kier alpha value is -0.0700. The van der Waals surface area contributed by atoms with Gasteiger partial charge in [0.2, 0.25) is 0 Å². The lowest BCUT2D eigenvalue weighted by molar-refractivity contribution is -0.433. The highest BCUT2D eigenvalue weighted by atomic mass is 32.2. The molecule has 0 N–H and O–H groups in total. The fourth-order valence-corrected chi connectivity index (χ4v) is 5.02. The summed E-state index contributed by atoms with van der Waals surface area (Å²) in [7, 11) is 2.06. The topological polar surface area (TPSA) is 23.3 Å². The molecule has 1 fully saturated rings. The summed E-state index contributed by atoms with van der Waals surface area (Å²) in [6.45, 7) is 3.82. The monoisotopic (exact) mass is 275 g/mol. The van der Waals surface area contributed by atoms with E-state index in [1.54, 1.807) is 35.3 Å². The number of hydrogen-bond donors (Lipinski definition) is 0. The lowest BCUT2D eigenvalue weighted by Gasteiger charge is -2.11. The van der Waals surface area contributed by atoms with E-state index < -0.39 is 0 Å². The van der Waals surface area contributed by atoms with Gasteiger partial charge in [-0.25, -0.2) is 4.79 Å². The Morgan fingerprint density at radius 2 is 2.31 bits per heavy atom. The molecule has 0 aromatic rings. The van der Waals surface area contributed by atoms with E-state index in [9.17, 15) is 4.79 Å². The minimum Gasteiger partial charge on any atom is -0.367 e. The van der Waals surface area contributed by atoms with Gasteiger partial charge in [-0.1, -0.05) is 11.8 Å². The Morgan fingerprint density at radius 3 is 2.75 bits per heavy atom. The molecule has 0 atom stereocenters. The average molecular weight is 275 g/mol. The summed E-state index contributed by atoms with van der Waals surface area (Å²) in [6.07, 6.45) is 2.03. The first-order valence-corrected chi connectivity index (χ1v) is 8.20. The van der Waals surface area contributed by atoms with Gasteiger partial charge in [-0.2, -0.15) is 0 Å². The third kappa shape index (κ3) is 2.02. The quantitative estimate of drug-likeness (QED) is 0.537. The zero-order valence-corrected chi connectivity index (χ0v) is 12.1. The molecule has 2 aliphatic heterocycles. The molecule has 0 saturated carbocycles. The summed E-state index contributed by atoms with van der Waals surface area (Å²) in [4.78, 5) is 15.3. The van der Waals surface area contributed by atoms with Gasteiger partial charge in [0, 0.05) is 31.1 Å². The Labute approximate surface area is 109 Å².